The molecule has 1 N–H and O–H groups in total. The third-order valence-electron chi connectivity index (χ3n) is 5.08. The molecule has 24 heavy (non-hydrogen) atoms. The lowest BCUT2D eigenvalue weighted by Crippen LogP contribution is -2.52. The number of aldehydes is 1. The van der Waals surface area contributed by atoms with Gasteiger partial charge in [0.05, 0.1) is 5.56 Å². The average Bonchev–Trinajstić information content (AvgIpc) is 3.09. The lowest BCUT2D eigenvalue weighted by molar-refractivity contribution is -0.136. The number of nitrogens with zero attached hydrogens (tertiary/aromatic N) is 1. The van der Waals surface area contributed by atoms with Crippen molar-refractivity contribution in [3.8, 4) is 0 Å². The Morgan fingerprint density at radius 3 is 2.71 bits per heavy atom. The van der Waals surface area contributed by atoms with Gasteiger partial charge in [0.2, 0.25) is 11.8 Å². The smallest absolute Gasteiger partial charge is 0.258 e. The third kappa shape index (κ3) is 2.07. The van der Waals surface area contributed by atoms with Crippen molar-refractivity contribution in [2.75, 3.05) is 0 Å². The van der Waals surface area contributed by atoms with Crippen LogP contribution >= 0.6 is 0 Å². The van der Waals surface area contributed by atoms with E-state index >= 15 is 0 Å². The fraction of sp³-hybridized carbons (Fsp3) is 0.412. The quantitative estimate of drug-likeness (QED) is 0.632. The summed E-state index contributed by atoms with van der Waals surface area (Å²) >= 11 is 0. The average molecular weight is 330 g/mol. The summed E-state index contributed by atoms with van der Waals surface area (Å²) in [6.07, 6.45) is 2.02. The van der Waals surface area contributed by atoms with Gasteiger partial charge in [-0.15, -0.1) is 0 Å². The summed E-state index contributed by atoms with van der Waals surface area (Å²) in [6.45, 7) is 0.149. The molecule has 124 valence electrons. The molecular formula is C17H15FN2O4. The number of nitrogens with one attached hydrogen (secondary N) is 1. The van der Waals surface area contributed by atoms with Crippen molar-refractivity contribution in [2.45, 2.75) is 38.3 Å². The molecule has 1 unspecified atom stereocenters. The van der Waals surface area contributed by atoms with E-state index in [0.29, 0.717) is 24.0 Å². The number of carbonyl (C=O) groups excluding carboxylic acids is 4. The van der Waals surface area contributed by atoms with Gasteiger partial charge in [0.25, 0.3) is 5.91 Å². The molecule has 1 fully saturated rings. The Bertz CT molecular complexity index is 804. The first-order chi connectivity index (χ1) is 11.5. The Balaban J connectivity index is 1.67. The Kier molecular flexibility index (Phi) is 3.26. The van der Waals surface area contributed by atoms with Gasteiger partial charge >= 0.3 is 0 Å². The molecule has 0 spiro atoms. The van der Waals surface area contributed by atoms with Gasteiger partial charge in [-0.25, -0.2) is 4.39 Å². The molecule has 3 amide bonds. The van der Waals surface area contributed by atoms with Gasteiger partial charge in [-0.3, -0.25) is 19.7 Å². The van der Waals surface area contributed by atoms with E-state index in [1.54, 1.807) is 6.07 Å². The molecule has 1 saturated heterocycles. The van der Waals surface area contributed by atoms with Crippen molar-refractivity contribution in [1.82, 2.24) is 10.2 Å². The highest BCUT2D eigenvalue weighted by molar-refractivity contribution is 6.05. The monoisotopic (exact) mass is 330 g/mol. The van der Waals surface area contributed by atoms with Gasteiger partial charge in [0.15, 0.2) is 0 Å². The van der Waals surface area contributed by atoms with Gasteiger partial charge in [-0.1, -0.05) is 6.07 Å². The zero-order valence-electron chi connectivity index (χ0n) is 12.8. The molecule has 0 radical (unpaired) electrons. The van der Waals surface area contributed by atoms with Crippen molar-refractivity contribution in [1.29, 1.82) is 0 Å². The van der Waals surface area contributed by atoms with E-state index < -0.39 is 23.7 Å². The first-order valence-electron chi connectivity index (χ1n) is 7.92. The molecule has 7 heteroatoms. The van der Waals surface area contributed by atoms with Crippen LogP contribution in [-0.2, 0) is 33.8 Å². The molecular weight excluding hydrogens is 315 g/mol. The molecule has 0 bridgehead atoms. The molecule has 6 nitrogen and oxygen atoms in total. The van der Waals surface area contributed by atoms with Crippen molar-refractivity contribution in [2.24, 2.45) is 5.92 Å². The number of amides is 3. The summed E-state index contributed by atoms with van der Waals surface area (Å²) in [5.41, 5.74) is 1.75. The molecule has 1 aromatic rings. The van der Waals surface area contributed by atoms with Crippen molar-refractivity contribution in [3.05, 3.63) is 34.1 Å². The zero-order valence-corrected chi connectivity index (χ0v) is 12.8. The number of hydrogen-bond donors (Lipinski definition) is 1. The second-order valence-corrected chi connectivity index (χ2v) is 6.57. The normalized spacial score (nSPS) is 25.5. The Labute approximate surface area is 137 Å². The minimum Gasteiger partial charge on any atom is -0.322 e. The molecule has 2 aliphatic heterocycles. The first-order valence-corrected chi connectivity index (χ1v) is 7.92. The van der Waals surface area contributed by atoms with Crippen molar-refractivity contribution < 1.29 is 23.6 Å². The van der Waals surface area contributed by atoms with Gasteiger partial charge < -0.3 is 9.69 Å². The van der Waals surface area contributed by atoms with E-state index in [2.05, 4.69) is 5.32 Å². The van der Waals surface area contributed by atoms with E-state index in [4.69, 9.17) is 0 Å². The van der Waals surface area contributed by atoms with Crippen LogP contribution in [0.5, 0.6) is 0 Å². The summed E-state index contributed by atoms with van der Waals surface area (Å²) in [4.78, 5) is 48.2. The van der Waals surface area contributed by atoms with Crippen LogP contribution in [0.1, 0.15) is 39.9 Å². The number of piperidine rings is 1. The Hall–Kier alpha value is -2.57. The first kappa shape index (κ1) is 15.0. The predicted molar refractivity (Wildman–Crippen MR) is 79.4 cm³/mol. The van der Waals surface area contributed by atoms with E-state index in [-0.39, 0.29) is 36.8 Å². The summed E-state index contributed by atoms with van der Waals surface area (Å²) in [6, 6.07) is 1.03. The molecule has 0 aromatic heterocycles. The summed E-state index contributed by atoms with van der Waals surface area (Å²) in [5.74, 6) is -2.19. The summed E-state index contributed by atoms with van der Waals surface area (Å²) in [7, 11) is 0. The lowest BCUT2D eigenvalue weighted by atomic mass is 10.0. The Morgan fingerprint density at radius 2 is 2.00 bits per heavy atom. The molecule has 4 rings (SSSR count). The van der Waals surface area contributed by atoms with Gasteiger partial charge in [0, 0.05) is 18.9 Å². The Morgan fingerprint density at radius 1 is 1.21 bits per heavy atom. The number of imide groups is 1. The maximum Gasteiger partial charge on any atom is 0.258 e. The minimum atomic E-state index is -0.750. The van der Waals surface area contributed by atoms with Crippen LogP contribution in [0, 0.1) is 11.7 Å². The minimum absolute atomic E-state index is 0.00463. The fourth-order valence-corrected chi connectivity index (χ4v) is 3.90. The van der Waals surface area contributed by atoms with Crippen LogP contribution in [0.15, 0.2) is 6.07 Å². The molecule has 2 heterocycles. The number of benzene rings is 1. The molecule has 1 aliphatic carbocycles. The van der Waals surface area contributed by atoms with Gasteiger partial charge in [-0.2, -0.15) is 0 Å². The lowest BCUT2D eigenvalue weighted by Gasteiger charge is -2.29. The number of halogens is 1. The number of fused-ring (bicyclic) bond motifs is 2. The van der Waals surface area contributed by atoms with Crippen LogP contribution in [-0.4, -0.2) is 34.9 Å². The highest BCUT2D eigenvalue weighted by Gasteiger charge is 2.42. The number of rotatable bonds is 2. The zero-order chi connectivity index (χ0) is 17.0. The maximum atomic E-state index is 14.8. The van der Waals surface area contributed by atoms with Gasteiger partial charge in [-0.05, 0) is 36.0 Å². The number of hydrogen-bond acceptors (Lipinski definition) is 4. The SMILES string of the molecule is O=CC1Cc2cc3c(c(F)c2C1)C(=O)N([C@H]1CCC(=O)NC1=O)C3. The summed E-state index contributed by atoms with van der Waals surface area (Å²) < 4.78 is 14.8. The van der Waals surface area contributed by atoms with E-state index in [0.717, 1.165) is 11.8 Å². The maximum absolute atomic E-state index is 14.8. The van der Waals surface area contributed by atoms with Gasteiger partial charge in [0.1, 0.15) is 18.1 Å². The topological polar surface area (TPSA) is 83.6 Å². The van der Waals surface area contributed by atoms with Crippen LogP contribution in [0.4, 0.5) is 4.39 Å². The highest BCUT2D eigenvalue weighted by atomic mass is 19.1. The second-order valence-electron chi connectivity index (χ2n) is 6.57. The fourth-order valence-electron chi connectivity index (χ4n) is 3.90. The highest BCUT2D eigenvalue weighted by Crippen LogP contribution is 2.36. The van der Waals surface area contributed by atoms with Crippen molar-refractivity contribution in [3.63, 3.8) is 0 Å². The van der Waals surface area contributed by atoms with Crippen LogP contribution < -0.4 is 5.32 Å². The predicted octanol–water partition coefficient (Wildman–Crippen LogP) is 0.500. The standard InChI is InChI=1S/C17H15FN2O4/c18-15-11-4-8(7-21)3-9(11)5-10-6-20(17(24)14(10)15)12-1-2-13(22)19-16(12)23/h5,7-8,12H,1-4,6H2,(H,19,22,23)/t8?,12-/m0/s1. The molecule has 1 aromatic carbocycles. The van der Waals surface area contributed by atoms with E-state index in [1.165, 1.54) is 4.90 Å². The molecule has 3 aliphatic rings. The molecule has 0 saturated carbocycles. The third-order valence-corrected chi connectivity index (χ3v) is 5.08. The second kappa shape index (κ2) is 5.22. The van der Waals surface area contributed by atoms with Crippen molar-refractivity contribution >= 4 is 24.0 Å². The van der Waals surface area contributed by atoms with Crippen LogP contribution in [0.3, 0.4) is 0 Å². The van der Waals surface area contributed by atoms with E-state index in [1.807, 2.05) is 0 Å². The largest absolute Gasteiger partial charge is 0.322 e. The molecule has 2 atom stereocenters. The van der Waals surface area contributed by atoms with Crippen LogP contribution in [0.25, 0.3) is 0 Å². The van der Waals surface area contributed by atoms with E-state index in [9.17, 15) is 23.6 Å². The summed E-state index contributed by atoms with van der Waals surface area (Å²) in [5, 5.41) is 2.22. The number of carbonyl (C=O) groups is 4. The van der Waals surface area contributed by atoms with Crippen LogP contribution in [0.2, 0.25) is 0 Å².